The minimum atomic E-state index is -1.04. The molecule has 1 aromatic heterocycles. The minimum absolute atomic E-state index is 0.136. The van der Waals surface area contributed by atoms with E-state index in [9.17, 15) is 14.3 Å². The first-order chi connectivity index (χ1) is 9.99. The SMILES string of the molecule is Cc1nc2cccc(C(=O)O)c2n1-c1ccc(Br)c(F)c1. The van der Waals surface area contributed by atoms with Crippen molar-refractivity contribution in [3.8, 4) is 5.69 Å². The molecular weight excluding hydrogens is 339 g/mol. The van der Waals surface area contributed by atoms with E-state index in [4.69, 9.17) is 0 Å². The summed E-state index contributed by atoms with van der Waals surface area (Å²) in [4.78, 5) is 15.8. The fraction of sp³-hybridized carbons (Fsp3) is 0.0667. The first kappa shape index (κ1) is 13.8. The van der Waals surface area contributed by atoms with E-state index in [0.717, 1.165) is 0 Å². The maximum Gasteiger partial charge on any atom is 0.337 e. The average molecular weight is 349 g/mol. The Hall–Kier alpha value is -2.21. The van der Waals surface area contributed by atoms with Gasteiger partial charge in [-0.2, -0.15) is 0 Å². The lowest BCUT2D eigenvalue weighted by atomic mass is 10.1. The molecule has 3 aromatic rings. The molecule has 0 saturated heterocycles. The zero-order valence-electron chi connectivity index (χ0n) is 11.0. The maximum atomic E-state index is 13.8. The molecule has 2 aromatic carbocycles. The van der Waals surface area contributed by atoms with Gasteiger partial charge in [0.2, 0.25) is 0 Å². The van der Waals surface area contributed by atoms with Crippen LogP contribution in [0, 0.1) is 12.7 Å². The Kier molecular flexibility index (Phi) is 3.25. The largest absolute Gasteiger partial charge is 0.478 e. The molecule has 1 heterocycles. The fourth-order valence-electron chi connectivity index (χ4n) is 2.36. The van der Waals surface area contributed by atoms with Gasteiger partial charge in [0.05, 0.1) is 26.8 Å². The van der Waals surface area contributed by atoms with Crippen molar-refractivity contribution in [2.45, 2.75) is 6.92 Å². The summed E-state index contributed by atoms with van der Waals surface area (Å²) in [5.41, 5.74) is 1.70. The summed E-state index contributed by atoms with van der Waals surface area (Å²) in [6.07, 6.45) is 0. The Labute approximate surface area is 128 Å². The highest BCUT2D eigenvalue weighted by atomic mass is 79.9. The van der Waals surface area contributed by atoms with Crippen LogP contribution in [0.15, 0.2) is 40.9 Å². The van der Waals surface area contributed by atoms with E-state index < -0.39 is 11.8 Å². The predicted molar refractivity (Wildman–Crippen MR) is 80.4 cm³/mol. The summed E-state index contributed by atoms with van der Waals surface area (Å²) in [5.74, 6) is -0.860. The van der Waals surface area contributed by atoms with E-state index in [0.29, 0.717) is 27.0 Å². The highest BCUT2D eigenvalue weighted by molar-refractivity contribution is 9.10. The predicted octanol–water partition coefficient (Wildman–Crippen LogP) is 3.93. The van der Waals surface area contributed by atoms with Gasteiger partial charge in [-0.05, 0) is 53.2 Å². The van der Waals surface area contributed by atoms with Crippen molar-refractivity contribution in [2.24, 2.45) is 0 Å². The van der Waals surface area contributed by atoms with E-state index in [2.05, 4.69) is 20.9 Å². The van der Waals surface area contributed by atoms with Crippen molar-refractivity contribution >= 4 is 32.9 Å². The smallest absolute Gasteiger partial charge is 0.337 e. The van der Waals surface area contributed by atoms with Gasteiger partial charge in [0.25, 0.3) is 0 Å². The lowest BCUT2D eigenvalue weighted by Crippen LogP contribution is -2.03. The maximum absolute atomic E-state index is 13.8. The highest BCUT2D eigenvalue weighted by Gasteiger charge is 2.17. The second-order valence-corrected chi connectivity index (χ2v) is 5.43. The van der Waals surface area contributed by atoms with Crippen LogP contribution in [0.3, 0.4) is 0 Å². The monoisotopic (exact) mass is 348 g/mol. The van der Waals surface area contributed by atoms with E-state index in [1.807, 2.05) is 0 Å². The van der Waals surface area contributed by atoms with Crippen molar-refractivity contribution in [3.63, 3.8) is 0 Å². The molecule has 21 heavy (non-hydrogen) atoms. The second-order valence-electron chi connectivity index (χ2n) is 4.57. The van der Waals surface area contributed by atoms with Crippen molar-refractivity contribution in [1.29, 1.82) is 0 Å². The topological polar surface area (TPSA) is 55.1 Å². The van der Waals surface area contributed by atoms with Gasteiger partial charge >= 0.3 is 5.97 Å². The zero-order valence-corrected chi connectivity index (χ0v) is 12.6. The van der Waals surface area contributed by atoms with Gasteiger partial charge in [-0.15, -0.1) is 0 Å². The van der Waals surface area contributed by atoms with Crippen LogP contribution in [0.25, 0.3) is 16.7 Å². The third-order valence-electron chi connectivity index (χ3n) is 3.24. The molecule has 0 aliphatic rings. The van der Waals surface area contributed by atoms with Crippen molar-refractivity contribution in [2.75, 3.05) is 0 Å². The summed E-state index contributed by atoms with van der Waals surface area (Å²) in [5, 5.41) is 9.34. The van der Waals surface area contributed by atoms with Gasteiger partial charge in [0.1, 0.15) is 11.6 Å². The van der Waals surface area contributed by atoms with Crippen LogP contribution in [-0.2, 0) is 0 Å². The van der Waals surface area contributed by atoms with Gasteiger partial charge in [-0.1, -0.05) is 6.07 Å². The molecule has 0 aliphatic carbocycles. The second kappa shape index (κ2) is 4.96. The molecule has 0 saturated carbocycles. The molecule has 0 fully saturated rings. The summed E-state index contributed by atoms with van der Waals surface area (Å²) < 4.78 is 15.8. The van der Waals surface area contributed by atoms with E-state index in [1.54, 1.807) is 35.8 Å². The van der Waals surface area contributed by atoms with Crippen LogP contribution in [0.2, 0.25) is 0 Å². The molecule has 4 nitrogen and oxygen atoms in total. The number of aryl methyl sites for hydroxylation is 1. The zero-order chi connectivity index (χ0) is 15.1. The number of halogens is 2. The van der Waals surface area contributed by atoms with Gasteiger partial charge in [0, 0.05) is 0 Å². The molecule has 3 rings (SSSR count). The van der Waals surface area contributed by atoms with Crippen LogP contribution >= 0.6 is 15.9 Å². The molecule has 6 heteroatoms. The standard InChI is InChI=1S/C15H10BrFN2O2/c1-8-18-13-4-2-3-10(15(20)21)14(13)19(8)9-5-6-11(16)12(17)7-9/h2-7H,1H3,(H,20,21). The Morgan fingerprint density at radius 1 is 1.33 bits per heavy atom. The van der Waals surface area contributed by atoms with Crippen LogP contribution in [0.5, 0.6) is 0 Å². The van der Waals surface area contributed by atoms with Crippen LogP contribution < -0.4 is 0 Å². The molecule has 0 aliphatic heterocycles. The Morgan fingerprint density at radius 3 is 2.76 bits per heavy atom. The third kappa shape index (κ3) is 2.21. The minimum Gasteiger partial charge on any atom is -0.478 e. The number of carboxylic acid groups (broad SMARTS) is 1. The summed E-state index contributed by atoms with van der Waals surface area (Å²) in [7, 11) is 0. The molecule has 0 spiro atoms. The Morgan fingerprint density at radius 2 is 2.10 bits per heavy atom. The van der Waals surface area contributed by atoms with Crippen molar-refractivity contribution in [1.82, 2.24) is 9.55 Å². The number of para-hydroxylation sites is 1. The van der Waals surface area contributed by atoms with Crippen LogP contribution in [0.1, 0.15) is 16.2 Å². The van der Waals surface area contributed by atoms with Crippen LogP contribution in [-0.4, -0.2) is 20.6 Å². The first-order valence-electron chi connectivity index (χ1n) is 6.16. The normalized spacial score (nSPS) is 11.0. The Bertz CT molecular complexity index is 873. The average Bonchev–Trinajstić information content (AvgIpc) is 2.77. The van der Waals surface area contributed by atoms with Crippen molar-refractivity contribution in [3.05, 3.63) is 58.1 Å². The number of nitrogens with zero attached hydrogens (tertiary/aromatic N) is 2. The number of hydrogen-bond acceptors (Lipinski definition) is 2. The molecule has 0 amide bonds. The number of aromatic nitrogens is 2. The lowest BCUT2D eigenvalue weighted by molar-refractivity contribution is 0.0698. The number of hydrogen-bond donors (Lipinski definition) is 1. The van der Waals surface area contributed by atoms with Crippen molar-refractivity contribution < 1.29 is 14.3 Å². The Balaban J connectivity index is 2.38. The molecule has 0 unspecified atom stereocenters. The van der Waals surface area contributed by atoms with Gasteiger partial charge in [0.15, 0.2) is 0 Å². The fourth-order valence-corrected chi connectivity index (χ4v) is 2.60. The number of aromatic carboxylic acids is 1. The van der Waals surface area contributed by atoms with E-state index in [1.165, 1.54) is 12.1 Å². The lowest BCUT2D eigenvalue weighted by Gasteiger charge is -2.09. The highest BCUT2D eigenvalue weighted by Crippen LogP contribution is 2.26. The number of fused-ring (bicyclic) bond motifs is 1. The quantitative estimate of drug-likeness (QED) is 0.763. The number of imidazole rings is 1. The van der Waals surface area contributed by atoms with E-state index >= 15 is 0 Å². The molecule has 0 radical (unpaired) electrons. The molecular formula is C15H10BrFN2O2. The third-order valence-corrected chi connectivity index (χ3v) is 3.88. The number of benzene rings is 2. The van der Waals surface area contributed by atoms with E-state index in [-0.39, 0.29) is 5.56 Å². The number of rotatable bonds is 2. The molecule has 106 valence electrons. The van der Waals surface area contributed by atoms with Gasteiger partial charge in [-0.25, -0.2) is 14.2 Å². The summed E-state index contributed by atoms with van der Waals surface area (Å²) in [6, 6.07) is 9.53. The molecule has 0 atom stereocenters. The molecule has 0 bridgehead atoms. The van der Waals surface area contributed by atoms with Crippen LogP contribution in [0.4, 0.5) is 4.39 Å². The van der Waals surface area contributed by atoms with Gasteiger partial charge in [-0.3, -0.25) is 4.57 Å². The molecule has 1 N–H and O–H groups in total. The summed E-state index contributed by atoms with van der Waals surface area (Å²) in [6.45, 7) is 1.76. The number of carbonyl (C=O) groups is 1. The first-order valence-corrected chi connectivity index (χ1v) is 6.95. The summed E-state index contributed by atoms with van der Waals surface area (Å²) >= 11 is 3.10. The van der Waals surface area contributed by atoms with Gasteiger partial charge < -0.3 is 5.11 Å². The number of carboxylic acids is 1.